The van der Waals surface area contributed by atoms with E-state index in [9.17, 15) is 14.3 Å². The molecule has 1 heterocycles. The quantitative estimate of drug-likeness (QED) is 0.778. The van der Waals surface area contributed by atoms with Crippen LogP contribution in [0.4, 0.5) is 10.1 Å². The molecule has 2 N–H and O–H groups in total. The highest BCUT2D eigenvalue weighted by molar-refractivity contribution is 5.93. The standard InChI is InChI=1S/C20H23FN2O3/c21-16-5-7-17(8-6-16)26-14-13-23-11-9-15(10-12-23)20(25)22-18-3-1-2-4-19(18)24/h1-8,15,24H,9-14H2,(H,22,25). The zero-order valence-electron chi connectivity index (χ0n) is 14.5. The summed E-state index contributed by atoms with van der Waals surface area (Å²) in [7, 11) is 0. The molecule has 138 valence electrons. The van der Waals surface area contributed by atoms with Gasteiger partial charge in [0, 0.05) is 12.5 Å². The van der Waals surface area contributed by atoms with Gasteiger partial charge >= 0.3 is 0 Å². The number of hydrogen-bond donors (Lipinski definition) is 2. The molecule has 1 aliphatic rings. The van der Waals surface area contributed by atoms with Crippen LogP contribution < -0.4 is 10.1 Å². The number of anilines is 1. The van der Waals surface area contributed by atoms with Gasteiger partial charge in [-0.05, 0) is 62.3 Å². The van der Waals surface area contributed by atoms with Crippen LogP contribution in [0.3, 0.4) is 0 Å². The second-order valence-corrected chi connectivity index (χ2v) is 6.42. The van der Waals surface area contributed by atoms with Gasteiger partial charge < -0.3 is 15.2 Å². The number of likely N-dealkylation sites (tertiary alicyclic amines) is 1. The monoisotopic (exact) mass is 358 g/mol. The van der Waals surface area contributed by atoms with Crippen molar-refractivity contribution in [2.24, 2.45) is 5.92 Å². The van der Waals surface area contributed by atoms with Crippen molar-refractivity contribution in [3.05, 3.63) is 54.3 Å². The fourth-order valence-electron chi connectivity index (χ4n) is 3.06. The largest absolute Gasteiger partial charge is 0.506 e. The van der Waals surface area contributed by atoms with E-state index >= 15 is 0 Å². The summed E-state index contributed by atoms with van der Waals surface area (Å²) >= 11 is 0. The summed E-state index contributed by atoms with van der Waals surface area (Å²) < 4.78 is 18.5. The van der Waals surface area contributed by atoms with E-state index in [-0.39, 0.29) is 23.4 Å². The van der Waals surface area contributed by atoms with Gasteiger partial charge in [-0.15, -0.1) is 0 Å². The Kier molecular flexibility index (Phi) is 6.07. The number of aromatic hydroxyl groups is 1. The van der Waals surface area contributed by atoms with Gasteiger partial charge in [0.25, 0.3) is 0 Å². The minimum absolute atomic E-state index is 0.0475. The normalized spacial score (nSPS) is 15.6. The lowest BCUT2D eigenvalue weighted by Crippen LogP contribution is -2.39. The molecular weight excluding hydrogens is 335 g/mol. The van der Waals surface area contributed by atoms with E-state index in [1.807, 2.05) is 0 Å². The van der Waals surface area contributed by atoms with Crippen LogP contribution in [-0.4, -0.2) is 42.2 Å². The van der Waals surface area contributed by atoms with Crippen molar-refractivity contribution in [1.29, 1.82) is 0 Å². The fraction of sp³-hybridized carbons (Fsp3) is 0.350. The molecule has 0 atom stereocenters. The van der Waals surface area contributed by atoms with Crippen molar-refractivity contribution < 1.29 is 19.0 Å². The summed E-state index contributed by atoms with van der Waals surface area (Å²) in [5.41, 5.74) is 0.452. The minimum atomic E-state index is -0.276. The summed E-state index contributed by atoms with van der Waals surface area (Å²) in [4.78, 5) is 14.6. The fourth-order valence-corrected chi connectivity index (χ4v) is 3.06. The molecule has 2 aromatic rings. The van der Waals surface area contributed by atoms with Gasteiger partial charge in [-0.3, -0.25) is 9.69 Å². The molecule has 0 unspecified atom stereocenters. The second-order valence-electron chi connectivity index (χ2n) is 6.42. The lowest BCUT2D eigenvalue weighted by atomic mass is 9.96. The van der Waals surface area contributed by atoms with Crippen LogP contribution in [0, 0.1) is 11.7 Å². The first kappa shape index (κ1) is 18.2. The van der Waals surface area contributed by atoms with Crippen LogP contribution in [0.1, 0.15) is 12.8 Å². The Morgan fingerprint density at radius 3 is 2.54 bits per heavy atom. The number of hydrogen-bond acceptors (Lipinski definition) is 4. The van der Waals surface area contributed by atoms with E-state index in [4.69, 9.17) is 4.74 Å². The van der Waals surface area contributed by atoms with Crippen LogP contribution in [0.2, 0.25) is 0 Å². The molecule has 1 saturated heterocycles. The first-order chi connectivity index (χ1) is 12.6. The highest BCUT2D eigenvalue weighted by atomic mass is 19.1. The van der Waals surface area contributed by atoms with Crippen molar-refractivity contribution in [2.45, 2.75) is 12.8 Å². The van der Waals surface area contributed by atoms with Crippen LogP contribution in [0.15, 0.2) is 48.5 Å². The zero-order chi connectivity index (χ0) is 18.4. The lowest BCUT2D eigenvalue weighted by molar-refractivity contribution is -0.121. The second kappa shape index (κ2) is 8.67. The third-order valence-electron chi connectivity index (χ3n) is 4.61. The average Bonchev–Trinajstić information content (AvgIpc) is 2.66. The molecule has 6 heteroatoms. The molecule has 0 saturated carbocycles. The molecule has 5 nitrogen and oxygen atoms in total. The summed E-state index contributed by atoms with van der Waals surface area (Å²) in [6, 6.07) is 12.7. The number of carbonyl (C=O) groups excluding carboxylic acids is 1. The maximum Gasteiger partial charge on any atom is 0.227 e. The van der Waals surface area contributed by atoms with Crippen molar-refractivity contribution in [3.8, 4) is 11.5 Å². The molecule has 2 aromatic carbocycles. The lowest BCUT2D eigenvalue weighted by Gasteiger charge is -2.31. The van der Waals surface area contributed by atoms with E-state index in [2.05, 4.69) is 10.2 Å². The van der Waals surface area contributed by atoms with Gasteiger partial charge in [-0.1, -0.05) is 12.1 Å². The van der Waals surface area contributed by atoms with Gasteiger partial charge in [0.15, 0.2) is 0 Å². The van der Waals surface area contributed by atoms with Crippen LogP contribution >= 0.6 is 0 Å². The minimum Gasteiger partial charge on any atom is -0.506 e. The number of phenolic OH excluding ortho intramolecular Hbond substituents is 1. The summed E-state index contributed by atoms with van der Waals surface area (Å²) in [6.07, 6.45) is 1.55. The topological polar surface area (TPSA) is 61.8 Å². The molecule has 1 aliphatic heterocycles. The van der Waals surface area contributed by atoms with E-state index in [0.717, 1.165) is 32.5 Å². The third kappa shape index (κ3) is 4.95. The Hall–Kier alpha value is -2.60. The number of rotatable bonds is 6. The SMILES string of the molecule is O=C(Nc1ccccc1O)C1CCN(CCOc2ccc(F)cc2)CC1. The number of benzene rings is 2. The molecule has 3 rings (SSSR count). The number of phenols is 1. The van der Waals surface area contributed by atoms with Crippen molar-refractivity contribution in [1.82, 2.24) is 4.90 Å². The Morgan fingerprint density at radius 1 is 1.15 bits per heavy atom. The summed E-state index contributed by atoms with van der Waals surface area (Å²) in [5, 5.41) is 12.5. The maximum atomic E-state index is 12.9. The molecule has 0 aliphatic carbocycles. The van der Waals surface area contributed by atoms with Crippen LogP contribution in [0.25, 0.3) is 0 Å². The predicted octanol–water partition coefficient (Wildman–Crippen LogP) is 3.26. The number of piperidine rings is 1. The molecule has 0 bridgehead atoms. The van der Waals surface area contributed by atoms with Crippen molar-refractivity contribution >= 4 is 11.6 Å². The molecule has 1 fully saturated rings. The number of nitrogens with zero attached hydrogens (tertiary/aromatic N) is 1. The Bertz CT molecular complexity index is 728. The molecule has 0 spiro atoms. The Balaban J connectivity index is 1.39. The first-order valence-corrected chi connectivity index (χ1v) is 8.81. The van der Waals surface area contributed by atoms with E-state index in [1.165, 1.54) is 12.1 Å². The highest BCUT2D eigenvalue weighted by Crippen LogP contribution is 2.24. The molecular formula is C20H23FN2O3. The van der Waals surface area contributed by atoms with Gasteiger partial charge in [0.1, 0.15) is 23.9 Å². The van der Waals surface area contributed by atoms with Crippen molar-refractivity contribution in [2.75, 3.05) is 31.6 Å². The third-order valence-corrected chi connectivity index (χ3v) is 4.61. The van der Waals surface area contributed by atoms with Gasteiger partial charge in [0.2, 0.25) is 5.91 Å². The molecule has 0 radical (unpaired) electrons. The van der Waals surface area contributed by atoms with E-state index < -0.39 is 0 Å². The number of carbonyl (C=O) groups is 1. The van der Waals surface area contributed by atoms with Crippen LogP contribution in [0.5, 0.6) is 11.5 Å². The van der Waals surface area contributed by atoms with Gasteiger partial charge in [-0.2, -0.15) is 0 Å². The first-order valence-electron chi connectivity index (χ1n) is 8.81. The zero-order valence-corrected chi connectivity index (χ0v) is 14.5. The van der Waals surface area contributed by atoms with E-state index in [1.54, 1.807) is 36.4 Å². The van der Waals surface area contributed by atoms with E-state index in [0.29, 0.717) is 18.0 Å². The molecule has 1 amide bonds. The maximum absolute atomic E-state index is 12.9. The summed E-state index contributed by atoms with van der Waals surface area (Å²) in [5.74, 6) is 0.360. The average molecular weight is 358 g/mol. The molecule has 26 heavy (non-hydrogen) atoms. The number of nitrogens with one attached hydrogen (secondary N) is 1. The Labute approximate surface area is 152 Å². The number of para-hydroxylation sites is 2. The van der Waals surface area contributed by atoms with Gasteiger partial charge in [0.05, 0.1) is 5.69 Å². The smallest absolute Gasteiger partial charge is 0.227 e. The van der Waals surface area contributed by atoms with Gasteiger partial charge in [-0.25, -0.2) is 4.39 Å². The number of halogens is 1. The number of amides is 1. The Morgan fingerprint density at radius 2 is 1.85 bits per heavy atom. The van der Waals surface area contributed by atoms with Crippen molar-refractivity contribution in [3.63, 3.8) is 0 Å². The number of ether oxygens (including phenoxy) is 1. The predicted molar refractivity (Wildman–Crippen MR) is 97.8 cm³/mol. The molecule has 0 aromatic heterocycles. The highest BCUT2D eigenvalue weighted by Gasteiger charge is 2.25. The van der Waals surface area contributed by atoms with Crippen LogP contribution in [-0.2, 0) is 4.79 Å². The summed E-state index contributed by atoms with van der Waals surface area (Å²) in [6.45, 7) is 2.95.